The van der Waals surface area contributed by atoms with Crippen molar-refractivity contribution < 1.29 is 23.7 Å². The lowest BCUT2D eigenvalue weighted by Gasteiger charge is -2.30. The lowest BCUT2D eigenvalue weighted by atomic mass is 9.90. The van der Waals surface area contributed by atoms with Crippen LogP contribution in [-0.4, -0.2) is 56.9 Å². The Kier molecular flexibility index (Phi) is 8.59. The van der Waals surface area contributed by atoms with Gasteiger partial charge in [0.05, 0.1) is 44.2 Å². The van der Waals surface area contributed by atoms with Gasteiger partial charge in [0, 0.05) is 24.2 Å². The van der Waals surface area contributed by atoms with Gasteiger partial charge in [-0.05, 0) is 55.8 Å². The van der Waals surface area contributed by atoms with E-state index in [0.717, 1.165) is 16.3 Å². The Morgan fingerprint density at radius 3 is 2.26 bits per heavy atom. The summed E-state index contributed by atoms with van der Waals surface area (Å²) in [5.41, 5.74) is 2.11. The van der Waals surface area contributed by atoms with Gasteiger partial charge in [-0.25, -0.2) is 4.99 Å². The number of carbonyl (C=O) groups is 1. The number of methoxy groups -OCH3 is 4. The Morgan fingerprint density at radius 1 is 0.930 bits per heavy atom. The lowest BCUT2D eigenvalue weighted by Crippen LogP contribution is -2.43. The average Bonchev–Trinajstić information content (AvgIpc) is 3.33. The van der Waals surface area contributed by atoms with Crippen LogP contribution < -0.4 is 33.8 Å². The fourth-order valence-electron chi connectivity index (χ4n) is 5.66. The average molecular weight is 602 g/mol. The normalized spacial score (nSPS) is 14.8. The number of rotatable bonds is 9. The van der Waals surface area contributed by atoms with Crippen LogP contribution in [0, 0.1) is 0 Å². The van der Waals surface area contributed by atoms with E-state index >= 15 is 0 Å². The van der Waals surface area contributed by atoms with E-state index in [1.807, 2.05) is 63.2 Å². The first-order valence-corrected chi connectivity index (χ1v) is 14.8. The molecular weight excluding hydrogens is 566 g/mol. The number of aromatic nitrogens is 1. The standard InChI is InChI=1S/C33H35N3O6S/c1-8-35(9-2)32(38)26-19(3)34-33-36(28(26)27-22-13-11-10-12-20(22)14-16-23(27)39-4)31(37)25(43-33)18-21-15-17-24(40-5)30(42-7)29(21)41-6/h10-18,28H,8-9H2,1-7H3/b25-18+/t28-/m1/s1. The Labute approximate surface area is 253 Å². The Balaban J connectivity index is 1.85. The molecular formula is C33H35N3O6S. The third-order valence-corrected chi connectivity index (χ3v) is 8.73. The zero-order valence-electron chi connectivity index (χ0n) is 25.4. The molecule has 224 valence electrons. The summed E-state index contributed by atoms with van der Waals surface area (Å²) < 4.78 is 24.6. The third-order valence-electron chi connectivity index (χ3n) is 7.75. The molecule has 43 heavy (non-hydrogen) atoms. The molecule has 0 radical (unpaired) electrons. The van der Waals surface area contributed by atoms with E-state index in [1.165, 1.54) is 25.6 Å². The molecule has 0 saturated heterocycles. The van der Waals surface area contributed by atoms with Gasteiger partial charge >= 0.3 is 0 Å². The molecule has 0 bridgehead atoms. The lowest BCUT2D eigenvalue weighted by molar-refractivity contribution is -0.127. The first-order valence-electron chi connectivity index (χ1n) is 14.0. The molecule has 0 spiro atoms. The van der Waals surface area contributed by atoms with Crippen LogP contribution >= 0.6 is 11.3 Å². The number of amides is 1. The number of ether oxygens (including phenoxy) is 4. The van der Waals surface area contributed by atoms with Crippen LogP contribution in [-0.2, 0) is 4.79 Å². The molecule has 1 atom stereocenters. The molecule has 10 heteroatoms. The highest BCUT2D eigenvalue weighted by Crippen LogP contribution is 2.41. The number of thiazole rings is 1. The number of likely N-dealkylation sites (N-methyl/N-ethyl adjacent to an activating group) is 1. The van der Waals surface area contributed by atoms with E-state index in [9.17, 15) is 9.59 Å². The Bertz CT molecular complexity index is 1920. The van der Waals surface area contributed by atoms with Gasteiger partial charge in [0.1, 0.15) is 11.8 Å². The largest absolute Gasteiger partial charge is 0.496 e. The molecule has 1 aliphatic rings. The van der Waals surface area contributed by atoms with Crippen molar-refractivity contribution in [3.8, 4) is 23.0 Å². The quantitative estimate of drug-likeness (QED) is 0.284. The van der Waals surface area contributed by atoms with Crippen molar-refractivity contribution in [1.29, 1.82) is 0 Å². The summed E-state index contributed by atoms with van der Waals surface area (Å²) in [5.74, 6) is 1.79. The number of hydrogen-bond acceptors (Lipinski definition) is 8. The Morgan fingerprint density at radius 2 is 1.60 bits per heavy atom. The van der Waals surface area contributed by atoms with Gasteiger partial charge in [0.2, 0.25) is 5.75 Å². The highest BCUT2D eigenvalue weighted by atomic mass is 32.1. The summed E-state index contributed by atoms with van der Waals surface area (Å²) in [6, 6.07) is 14.6. The van der Waals surface area contributed by atoms with Gasteiger partial charge in [-0.2, -0.15) is 0 Å². The highest BCUT2D eigenvalue weighted by molar-refractivity contribution is 7.07. The third kappa shape index (κ3) is 5.05. The summed E-state index contributed by atoms with van der Waals surface area (Å²) in [5, 5.41) is 1.86. The van der Waals surface area contributed by atoms with Crippen LogP contribution in [0.25, 0.3) is 16.8 Å². The highest BCUT2D eigenvalue weighted by Gasteiger charge is 2.36. The summed E-state index contributed by atoms with van der Waals surface area (Å²) in [6.45, 7) is 6.76. The second-order valence-corrected chi connectivity index (χ2v) is 10.9. The van der Waals surface area contributed by atoms with Crippen molar-refractivity contribution >= 4 is 34.1 Å². The summed E-state index contributed by atoms with van der Waals surface area (Å²) >= 11 is 1.25. The van der Waals surface area contributed by atoms with E-state index in [1.54, 1.807) is 35.8 Å². The smallest absolute Gasteiger partial charge is 0.271 e. The molecule has 0 unspecified atom stereocenters. The second-order valence-electron chi connectivity index (χ2n) is 9.89. The summed E-state index contributed by atoms with van der Waals surface area (Å²) in [6.07, 6.45) is 1.76. The van der Waals surface area contributed by atoms with Gasteiger partial charge in [-0.3, -0.25) is 14.2 Å². The Hall–Kier alpha value is -4.57. The van der Waals surface area contributed by atoms with Gasteiger partial charge in [-0.15, -0.1) is 0 Å². The summed E-state index contributed by atoms with van der Waals surface area (Å²) in [4.78, 5) is 35.6. The zero-order valence-corrected chi connectivity index (χ0v) is 26.2. The fraction of sp³-hybridized carbons (Fsp3) is 0.303. The van der Waals surface area contributed by atoms with Gasteiger partial charge in [0.15, 0.2) is 16.3 Å². The number of allylic oxidation sites excluding steroid dienone is 1. The van der Waals surface area contributed by atoms with E-state index < -0.39 is 6.04 Å². The van der Waals surface area contributed by atoms with Crippen LogP contribution in [0.2, 0.25) is 0 Å². The number of benzene rings is 3. The van der Waals surface area contributed by atoms with Crippen LogP contribution in [0.3, 0.4) is 0 Å². The topological polar surface area (TPSA) is 91.6 Å². The van der Waals surface area contributed by atoms with E-state index in [2.05, 4.69) is 0 Å². The van der Waals surface area contributed by atoms with Crippen molar-refractivity contribution in [2.45, 2.75) is 26.8 Å². The molecule has 1 aromatic heterocycles. The number of nitrogens with zero attached hydrogens (tertiary/aromatic N) is 3. The SMILES string of the molecule is CCN(CC)C(=O)C1=C(C)N=c2s/c(=C/c3ccc(OC)c(OC)c3OC)c(=O)n2[C@H]1c1c(OC)ccc2ccccc12. The van der Waals surface area contributed by atoms with Crippen molar-refractivity contribution in [3.63, 3.8) is 0 Å². The molecule has 0 saturated carbocycles. The fourth-order valence-corrected chi connectivity index (χ4v) is 6.70. The predicted molar refractivity (Wildman–Crippen MR) is 168 cm³/mol. The maximum absolute atomic E-state index is 14.4. The maximum atomic E-state index is 14.4. The van der Waals surface area contributed by atoms with Gasteiger partial charge in [-0.1, -0.05) is 41.7 Å². The first-order chi connectivity index (χ1) is 20.8. The minimum absolute atomic E-state index is 0.165. The number of hydrogen-bond donors (Lipinski definition) is 0. The molecule has 0 fully saturated rings. The molecule has 1 amide bonds. The monoisotopic (exact) mass is 601 g/mol. The van der Waals surface area contributed by atoms with E-state index in [4.69, 9.17) is 23.9 Å². The van der Waals surface area contributed by atoms with Crippen LogP contribution in [0.15, 0.2) is 69.6 Å². The van der Waals surface area contributed by atoms with Crippen molar-refractivity contribution in [2.75, 3.05) is 41.5 Å². The maximum Gasteiger partial charge on any atom is 0.271 e. The van der Waals surface area contributed by atoms with Crippen molar-refractivity contribution in [1.82, 2.24) is 9.47 Å². The van der Waals surface area contributed by atoms with Crippen molar-refractivity contribution in [3.05, 3.63) is 90.6 Å². The minimum Gasteiger partial charge on any atom is -0.496 e. The van der Waals surface area contributed by atoms with Crippen LogP contribution in [0.5, 0.6) is 23.0 Å². The van der Waals surface area contributed by atoms with E-state index in [0.29, 0.717) is 62.3 Å². The second kappa shape index (κ2) is 12.3. The molecule has 0 N–H and O–H groups in total. The van der Waals surface area contributed by atoms with Crippen LogP contribution in [0.4, 0.5) is 0 Å². The van der Waals surface area contributed by atoms with Crippen LogP contribution in [0.1, 0.15) is 37.9 Å². The molecule has 5 rings (SSSR count). The van der Waals surface area contributed by atoms with E-state index in [-0.39, 0.29) is 11.5 Å². The molecule has 0 aliphatic carbocycles. The minimum atomic E-state index is -0.764. The molecule has 1 aliphatic heterocycles. The predicted octanol–water partition coefficient (Wildman–Crippen LogP) is 4.29. The van der Waals surface area contributed by atoms with Crippen molar-refractivity contribution in [2.24, 2.45) is 4.99 Å². The number of carbonyl (C=O) groups excluding carboxylic acids is 1. The molecule has 2 heterocycles. The summed E-state index contributed by atoms with van der Waals surface area (Å²) in [7, 11) is 6.23. The number of fused-ring (bicyclic) bond motifs is 2. The molecule has 3 aromatic carbocycles. The zero-order chi connectivity index (χ0) is 30.8. The van der Waals surface area contributed by atoms with Gasteiger partial charge < -0.3 is 23.8 Å². The first kappa shape index (κ1) is 29.9. The van der Waals surface area contributed by atoms with Gasteiger partial charge in [0.25, 0.3) is 11.5 Å². The molecule has 4 aromatic rings. The molecule has 9 nitrogen and oxygen atoms in total.